The highest BCUT2D eigenvalue weighted by Gasteiger charge is 2.11. The van der Waals surface area contributed by atoms with Crippen LogP contribution < -0.4 is 14.8 Å². The van der Waals surface area contributed by atoms with Crippen LogP contribution in [0.5, 0.6) is 11.5 Å². The number of anilines is 1. The summed E-state index contributed by atoms with van der Waals surface area (Å²) >= 11 is 3.00. The second kappa shape index (κ2) is 7.95. The van der Waals surface area contributed by atoms with E-state index in [1.165, 1.54) is 11.3 Å². The van der Waals surface area contributed by atoms with Crippen LogP contribution in [0.2, 0.25) is 0 Å². The first-order valence-corrected chi connectivity index (χ1v) is 10.2. The van der Waals surface area contributed by atoms with Gasteiger partial charge in [0.05, 0.1) is 28.0 Å². The Bertz CT molecular complexity index is 1120. The van der Waals surface area contributed by atoms with Crippen LogP contribution in [0.4, 0.5) is 5.13 Å². The summed E-state index contributed by atoms with van der Waals surface area (Å²) in [4.78, 5) is 21.3. The summed E-state index contributed by atoms with van der Waals surface area (Å²) in [6.45, 7) is 2.37. The molecule has 0 atom stereocenters. The van der Waals surface area contributed by atoms with Crippen LogP contribution in [0.1, 0.15) is 21.1 Å². The highest BCUT2D eigenvalue weighted by Crippen LogP contribution is 2.29. The van der Waals surface area contributed by atoms with Gasteiger partial charge in [-0.05, 0) is 49.4 Å². The summed E-state index contributed by atoms with van der Waals surface area (Å²) in [5, 5.41) is 6.38. The molecular formula is C20H17N3O3S2. The molecule has 1 amide bonds. The maximum Gasteiger partial charge on any atom is 0.257 e. The molecule has 0 aliphatic heterocycles. The lowest BCUT2D eigenvalue weighted by atomic mass is 10.2. The number of ether oxygens (including phenoxy) is 2. The number of methoxy groups -OCH3 is 1. The zero-order chi connectivity index (χ0) is 19.5. The molecule has 0 unspecified atom stereocenters. The fraction of sp³-hybridized carbons (Fsp3) is 0.150. The maximum absolute atomic E-state index is 12.5. The van der Waals surface area contributed by atoms with Crippen molar-refractivity contribution >= 4 is 43.9 Å². The monoisotopic (exact) mass is 411 g/mol. The van der Waals surface area contributed by atoms with Crippen molar-refractivity contribution in [1.82, 2.24) is 9.97 Å². The van der Waals surface area contributed by atoms with Crippen LogP contribution in [0.3, 0.4) is 0 Å². The van der Waals surface area contributed by atoms with Crippen molar-refractivity contribution in [1.29, 1.82) is 0 Å². The molecule has 0 bridgehead atoms. The summed E-state index contributed by atoms with van der Waals surface area (Å²) < 4.78 is 11.9. The van der Waals surface area contributed by atoms with E-state index < -0.39 is 0 Å². The van der Waals surface area contributed by atoms with E-state index in [1.54, 1.807) is 42.7 Å². The molecule has 6 nitrogen and oxygen atoms in total. The minimum absolute atomic E-state index is 0.215. The second-order valence-electron chi connectivity index (χ2n) is 5.98. The Morgan fingerprint density at radius 2 is 1.89 bits per heavy atom. The predicted octanol–water partition coefficient (Wildman–Crippen LogP) is 4.90. The van der Waals surface area contributed by atoms with Crippen molar-refractivity contribution in [2.24, 2.45) is 0 Å². The molecule has 0 aliphatic rings. The predicted molar refractivity (Wildman–Crippen MR) is 112 cm³/mol. The molecular weight excluding hydrogens is 394 g/mol. The molecule has 0 fully saturated rings. The first-order chi connectivity index (χ1) is 13.6. The van der Waals surface area contributed by atoms with Gasteiger partial charge in [0.25, 0.3) is 5.91 Å². The largest absolute Gasteiger partial charge is 0.497 e. The fourth-order valence-electron chi connectivity index (χ4n) is 2.59. The minimum atomic E-state index is -0.215. The number of nitrogens with one attached hydrogen (secondary N) is 1. The zero-order valence-electron chi connectivity index (χ0n) is 15.3. The average molecular weight is 412 g/mol. The molecule has 0 radical (unpaired) electrons. The van der Waals surface area contributed by atoms with Gasteiger partial charge in [0.2, 0.25) is 0 Å². The van der Waals surface area contributed by atoms with Crippen molar-refractivity contribution in [3.05, 3.63) is 64.1 Å². The first kappa shape index (κ1) is 18.4. The van der Waals surface area contributed by atoms with Gasteiger partial charge in [0.1, 0.15) is 18.1 Å². The summed E-state index contributed by atoms with van der Waals surface area (Å²) in [7, 11) is 1.62. The Balaban J connectivity index is 1.40. The molecule has 8 heteroatoms. The Labute approximate surface area is 169 Å². The molecule has 0 aliphatic carbocycles. The molecule has 1 N–H and O–H groups in total. The molecule has 2 heterocycles. The van der Waals surface area contributed by atoms with Crippen molar-refractivity contribution in [3.63, 3.8) is 0 Å². The Morgan fingerprint density at radius 1 is 1.11 bits per heavy atom. The molecule has 4 rings (SSSR count). The normalized spacial score (nSPS) is 10.8. The SMILES string of the molecule is COc1ccc2nc(NC(=O)c3ccc(OCc4csc(C)n4)cc3)sc2c1. The Kier molecular flexibility index (Phi) is 5.23. The van der Waals surface area contributed by atoms with Crippen molar-refractivity contribution < 1.29 is 14.3 Å². The van der Waals surface area contributed by atoms with Gasteiger partial charge in [-0.1, -0.05) is 11.3 Å². The maximum atomic E-state index is 12.5. The molecule has 0 spiro atoms. The summed E-state index contributed by atoms with van der Waals surface area (Å²) in [6.07, 6.45) is 0. The van der Waals surface area contributed by atoms with Crippen LogP contribution in [0, 0.1) is 6.92 Å². The lowest BCUT2D eigenvalue weighted by molar-refractivity contribution is 0.102. The first-order valence-electron chi connectivity index (χ1n) is 8.50. The highest BCUT2D eigenvalue weighted by molar-refractivity contribution is 7.22. The number of aromatic nitrogens is 2. The van der Waals surface area contributed by atoms with E-state index in [4.69, 9.17) is 9.47 Å². The third-order valence-electron chi connectivity index (χ3n) is 3.99. The third-order valence-corrected chi connectivity index (χ3v) is 5.74. The number of hydrogen-bond donors (Lipinski definition) is 1. The molecule has 2 aromatic carbocycles. The lowest BCUT2D eigenvalue weighted by Gasteiger charge is -2.06. The summed E-state index contributed by atoms with van der Waals surface area (Å²) in [5.74, 6) is 1.24. The average Bonchev–Trinajstić information content (AvgIpc) is 3.31. The van der Waals surface area contributed by atoms with Gasteiger partial charge in [0, 0.05) is 10.9 Å². The fourth-order valence-corrected chi connectivity index (χ4v) is 4.08. The lowest BCUT2D eigenvalue weighted by Crippen LogP contribution is -2.11. The molecule has 142 valence electrons. The number of amides is 1. The molecule has 4 aromatic rings. The van der Waals surface area contributed by atoms with Gasteiger partial charge >= 0.3 is 0 Å². The number of carbonyl (C=O) groups excluding carboxylic acids is 1. The van der Waals surface area contributed by atoms with E-state index in [2.05, 4.69) is 15.3 Å². The van der Waals surface area contributed by atoms with Crippen LogP contribution in [0.25, 0.3) is 10.2 Å². The van der Waals surface area contributed by atoms with Crippen LogP contribution in [0.15, 0.2) is 47.8 Å². The van der Waals surface area contributed by atoms with E-state index in [1.807, 2.05) is 30.5 Å². The zero-order valence-corrected chi connectivity index (χ0v) is 16.9. The third kappa shape index (κ3) is 4.13. The van der Waals surface area contributed by atoms with Crippen molar-refractivity contribution in [2.75, 3.05) is 12.4 Å². The number of aryl methyl sites for hydroxylation is 1. The molecule has 0 saturated heterocycles. The van der Waals surface area contributed by atoms with E-state index in [9.17, 15) is 4.79 Å². The molecule has 0 saturated carbocycles. The molecule has 2 aromatic heterocycles. The number of carbonyl (C=O) groups is 1. The number of fused-ring (bicyclic) bond motifs is 1. The van der Waals surface area contributed by atoms with Gasteiger partial charge < -0.3 is 9.47 Å². The van der Waals surface area contributed by atoms with E-state index in [0.717, 1.165) is 26.7 Å². The number of benzene rings is 2. The van der Waals surface area contributed by atoms with Gasteiger partial charge in [-0.3, -0.25) is 10.1 Å². The standard InChI is InChI=1S/C20H17N3O3S2/c1-12-21-14(11-27-12)10-26-15-5-3-13(4-6-15)19(24)23-20-22-17-8-7-16(25-2)9-18(17)28-20/h3-9,11H,10H2,1-2H3,(H,22,23,24). The number of hydrogen-bond acceptors (Lipinski definition) is 7. The number of thiazole rings is 2. The second-order valence-corrected chi connectivity index (χ2v) is 8.07. The van der Waals surface area contributed by atoms with Gasteiger partial charge in [0.15, 0.2) is 5.13 Å². The summed E-state index contributed by atoms with van der Waals surface area (Å²) in [5.41, 5.74) is 2.26. The highest BCUT2D eigenvalue weighted by atomic mass is 32.1. The van der Waals surface area contributed by atoms with Gasteiger partial charge in [-0.25, -0.2) is 9.97 Å². The smallest absolute Gasteiger partial charge is 0.257 e. The van der Waals surface area contributed by atoms with Crippen LogP contribution in [-0.4, -0.2) is 23.0 Å². The number of nitrogens with zero attached hydrogens (tertiary/aromatic N) is 2. The quantitative estimate of drug-likeness (QED) is 0.488. The topological polar surface area (TPSA) is 73.3 Å². The summed E-state index contributed by atoms with van der Waals surface area (Å²) in [6, 6.07) is 12.6. The van der Waals surface area contributed by atoms with Crippen LogP contribution in [-0.2, 0) is 6.61 Å². The molecule has 28 heavy (non-hydrogen) atoms. The van der Waals surface area contributed by atoms with E-state index in [-0.39, 0.29) is 5.91 Å². The number of rotatable bonds is 6. The van der Waals surface area contributed by atoms with Crippen molar-refractivity contribution in [3.8, 4) is 11.5 Å². The van der Waals surface area contributed by atoms with Crippen LogP contribution >= 0.6 is 22.7 Å². The Hall–Kier alpha value is -2.97. The van der Waals surface area contributed by atoms with Gasteiger partial charge in [-0.2, -0.15) is 0 Å². The van der Waals surface area contributed by atoms with Crippen molar-refractivity contribution in [2.45, 2.75) is 13.5 Å². The Morgan fingerprint density at radius 3 is 2.61 bits per heavy atom. The van der Waals surface area contributed by atoms with E-state index >= 15 is 0 Å². The minimum Gasteiger partial charge on any atom is -0.497 e. The van der Waals surface area contributed by atoms with E-state index in [0.29, 0.717) is 23.1 Å². The van der Waals surface area contributed by atoms with Gasteiger partial charge in [-0.15, -0.1) is 11.3 Å².